The van der Waals surface area contributed by atoms with Crippen LogP contribution in [0.15, 0.2) is 61.1 Å². The van der Waals surface area contributed by atoms with Gasteiger partial charge < -0.3 is 19.3 Å². The van der Waals surface area contributed by atoms with Gasteiger partial charge in [0.15, 0.2) is 0 Å². The molecule has 14 heteroatoms. The van der Waals surface area contributed by atoms with E-state index in [4.69, 9.17) is 4.74 Å². The number of alkyl halides is 3. The second-order valence-electron chi connectivity index (χ2n) is 10.4. The third-order valence-corrected chi connectivity index (χ3v) is 7.70. The molecule has 0 N–H and O–H groups in total. The Morgan fingerprint density at radius 2 is 1.84 bits per heavy atom. The molecular weight excluding hydrogens is 584 g/mol. The summed E-state index contributed by atoms with van der Waals surface area (Å²) in [5.41, 5.74) is 2.38. The second kappa shape index (κ2) is 11.1. The van der Waals surface area contributed by atoms with Gasteiger partial charge >= 0.3 is 12.1 Å². The van der Waals surface area contributed by atoms with Crippen LogP contribution in [-0.2, 0) is 14.3 Å². The fraction of sp³-hybridized carbons (Fsp3) is 0.300. The van der Waals surface area contributed by atoms with Gasteiger partial charge in [0, 0.05) is 36.0 Å². The molecule has 0 radical (unpaired) electrons. The van der Waals surface area contributed by atoms with Crippen LogP contribution in [0.5, 0.6) is 5.75 Å². The Kier molecular flexibility index (Phi) is 7.32. The predicted molar refractivity (Wildman–Crippen MR) is 147 cm³/mol. The smallest absolute Gasteiger partial charge is 0.490 e. The average Bonchev–Trinajstić information content (AvgIpc) is 3.43. The highest BCUT2D eigenvalue weighted by molar-refractivity contribution is 5.88. The number of fused-ring (bicyclic) bond motifs is 3. The number of carbonyl (C=O) groups excluding carboxylic acids is 2. The van der Waals surface area contributed by atoms with E-state index in [1.54, 1.807) is 16.9 Å². The maximum atomic E-state index is 13.5. The lowest BCUT2D eigenvalue weighted by Gasteiger charge is -2.57. The molecule has 3 saturated heterocycles. The van der Waals surface area contributed by atoms with Crippen molar-refractivity contribution in [3.63, 3.8) is 0 Å². The molecule has 3 aliphatic rings. The molecule has 1 aromatic carbocycles. The van der Waals surface area contributed by atoms with Gasteiger partial charge in [0.05, 0.1) is 42.2 Å². The summed E-state index contributed by atoms with van der Waals surface area (Å²) < 4.78 is 64.4. The summed E-state index contributed by atoms with van der Waals surface area (Å²) in [5.74, 6) is -2.75. The highest BCUT2D eigenvalue weighted by Gasteiger charge is 2.51. The largest absolute Gasteiger partial charge is 0.492 e. The quantitative estimate of drug-likeness (QED) is 0.224. The zero-order valence-corrected chi connectivity index (χ0v) is 23.2. The molecule has 6 heterocycles. The summed E-state index contributed by atoms with van der Waals surface area (Å²) in [7, 11) is 0. The number of hydrogen-bond donors (Lipinski definition) is 0. The number of piperazine rings is 1. The molecule has 3 atom stereocenters. The fourth-order valence-electron chi connectivity index (χ4n) is 5.74. The minimum atomic E-state index is -5.30. The van der Waals surface area contributed by atoms with Gasteiger partial charge in [0.1, 0.15) is 23.5 Å². The molecule has 1 amide bonds. The number of halogens is 4. The number of aromatic nitrogens is 3. The minimum Gasteiger partial charge on any atom is -0.492 e. The van der Waals surface area contributed by atoms with Crippen LogP contribution in [0.3, 0.4) is 0 Å². The van der Waals surface area contributed by atoms with E-state index in [1.165, 1.54) is 11.1 Å². The lowest BCUT2D eigenvalue weighted by molar-refractivity contribution is -0.208. The first-order valence-electron chi connectivity index (χ1n) is 13.7. The third kappa shape index (κ3) is 5.25. The summed E-state index contributed by atoms with van der Waals surface area (Å²) in [6, 6.07) is 11.1. The number of nitrogens with zero attached hydrogens (tertiary/aromatic N) is 6. The molecule has 2 bridgehead atoms. The molecule has 3 fully saturated rings. The second-order valence-corrected chi connectivity index (χ2v) is 10.4. The van der Waals surface area contributed by atoms with Crippen molar-refractivity contribution in [2.75, 3.05) is 24.6 Å². The van der Waals surface area contributed by atoms with Crippen molar-refractivity contribution >= 4 is 23.2 Å². The van der Waals surface area contributed by atoms with Crippen molar-refractivity contribution in [1.82, 2.24) is 19.5 Å². The Balaban J connectivity index is 1.21. The minimum absolute atomic E-state index is 0.0617. The fourth-order valence-corrected chi connectivity index (χ4v) is 5.74. The van der Waals surface area contributed by atoms with Crippen LogP contribution in [0.2, 0.25) is 0 Å². The number of anilines is 1. The zero-order valence-electron chi connectivity index (χ0n) is 23.2. The van der Waals surface area contributed by atoms with Gasteiger partial charge in [-0.2, -0.15) is 23.5 Å². The number of hydrogen-bond acceptors (Lipinski definition) is 8. The molecule has 44 heavy (non-hydrogen) atoms. The Hall–Kier alpha value is -5.19. The van der Waals surface area contributed by atoms with Gasteiger partial charge in [-0.3, -0.25) is 4.79 Å². The highest BCUT2D eigenvalue weighted by Crippen LogP contribution is 2.38. The van der Waals surface area contributed by atoms with E-state index in [2.05, 4.69) is 20.9 Å². The van der Waals surface area contributed by atoms with Crippen molar-refractivity contribution in [2.45, 2.75) is 37.7 Å². The molecule has 2 unspecified atom stereocenters. The molecule has 226 valence electrons. The van der Waals surface area contributed by atoms with E-state index in [0.29, 0.717) is 54.3 Å². The van der Waals surface area contributed by atoms with Crippen molar-refractivity contribution < 1.29 is 36.6 Å². The molecule has 3 aliphatic heterocycles. The van der Waals surface area contributed by atoms with E-state index in [0.717, 1.165) is 29.8 Å². The first kappa shape index (κ1) is 28.9. The van der Waals surface area contributed by atoms with Crippen LogP contribution < -0.4 is 9.64 Å². The van der Waals surface area contributed by atoms with Crippen LogP contribution in [0.4, 0.5) is 23.4 Å². The maximum absolute atomic E-state index is 13.5. The van der Waals surface area contributed by atoms with E-state index >= 15 is 0 Å². The van der Waals surface area contributed by atoms with Crippen LogP contribution >= 0.6 is 0 Å². The monoisotopic (exact) mass is 608 g/mol. The van der Waals surface area contributed by atoms with E-state index in [-0.39, 0.29) is 17.6 Å². The standard InChI is InChI=1S/C30H24F4N6O4/c1-2-43-23-10-24(26-19(11-35)13-37-39(26)16-23)18-5-8-25(36-12-18)38-14-21-9-22(15-38)40(21)28(41)27(44-29(42)30(32,33)34)17-3-6-20(31)7-4-17/h3-8,10,12-13,16,21-22,27H,2,9,14-15H2,1H3/t21?,22?,27-/m1/s1. The van der Waals surface area contributed by atoms with Gasteiger partial charge in [-0.25, -0.2) is 18.7 Å². The molecule has 4 aromatic rings. The number of amides is 1. The van der Waals surface area contributed by atoms with Gasteiger partial charge in [0.25, 0.3) is 5.91 Å². The number of carbonyl (C=O) groups is 2. The summed E-state index contributed by atoms with van der Waals surface area (Å²) in [4.78, 5) is 33.1. The van der Waals surface area contributed by atoms with Gasteiger partial charge in [-0.15, -0.1) is 0 Å². The van der Waals surface area contributed by atoms with Gasteiger partial charge in [0.2, 0.25) is 6.10 Å². The number of piperidine rings is 1. The summed E-state index contributed by atoms with van der Waals surface area (Å²) >= 11 is 0. The predicted octanol–water partition coefficient (Wildman–Crippen LogP) is 4.44. The number of benzene rings is 1. The lowest BCUT2D eigenvalue weighted by atomic mass is 9.86. The van der Waals surface area contributed by atoms with Gasteiger partial charge in [-0.05, 0) is 43.7 Å². The molecule has 0 saturated carbocycles. The van der Waals surface area contributed by atoms with Crippen LogP contribution in [0, 0.1) is 17.1 Å². The molecule has 3 aromatic heterocycles. The van der Waals surface area contributed by atoms with Crippen molar-refractivity contribution in [3.8, 4) is 22.9 Å². The van der Waals surface area contributed by atoms with E-state index in [1.807, 2.05) is 30.0 Å². The molecular formula is C30H24F4N6O4. The zero-order chi connectivity index (χ0) is 31.2. The number of nitriles is 1. The van der Waals surface area contributed by atoms with Crippen molar-refractivity contribution in [3.05, 3.63) is 78.0 Å². The van der Waals surface area contributed by atoms with Crippen LogP contribution in [-0.4, -0.2) is 69.3 Å². The van der Waals surface area contributed by atoms with Crippen molar-refractivity contribution in [2.24, 2.45) is 0 Å². The SMILES string of the molecule is CCOc1cc(-c2ccc(N3CC4CC(C3)N4C(=O)[C@H](OC(=O)C(F)(F)F)c3ccc(F)cc3)nc2)c2c(C#N)cnn2c1. The molecule has 0 aliphatic carbocycles. The topological polar surface area (TPSA) is 113 Å². The number of rotatable bonds is 7. The lowest BCUT2D eigenvalue weighted by Crippen LogP contribution is -2.71. The van der Waals surface area contributed by atoms with E-state index in [9.17, 15) is 32.4 Å². The summed E-state index contributed by atoms with van der Waals surface area (Å²) in [6.45, 7) is 3.01. The Morgan fingerprint density at radius 3 is 2.45 bits per heavy atom. The Morgan fingerprint density at radius 1 is 1.11 bits per heavy atom. The first-order chi connectivity index (χ1) is 21.1. The Bertz CT molecular complexity index is 1760. The Labute approximate surface area is 248 Å². The number of pyridine rings is 2. The summed E-state index contributed by atoms with van der Waals surface area (Å²) in [6.07, 6.45) is -1.72. The van der Waals surface area contributed by atoms with Crippen LogP contribution in [0.1, 0.15) is 30.6 Å². The number of esters is 1. The highest BCUT2D eigenvalue weighted by atomic mass is 19.4. The van der Waals surface area contributed by atoms with E-state index < -0.39 is 30.0 Å². The molecule has 7 rings (SSSR count). The van der Waals surface area contributed by atoms with Crippen molar-refractivity contribution in [1.29, 1.82) is 5.26 Å². The van der Waals surface area contributed by atoms with Gasteiger partial charge in [-0.1, -0.05) is 12.1 Å². The summed E-state index contributed by atoms with van der Waals surface area (Å²) in [5, 5.41) is 13.8. The normalized spacial score (nSPS) is 18.4. The molecule has 10 nitrogen and oxygen atoms in total. The molecule has 0 spiro atoms. The number of ether oxygens (including phenoxy) is 2. The van der Waals surface area contributed by atoms with Crippen LogP contribution in [0.25, 0.3) is 16.6 Å². The first-order valence-corrected chi connectivity index (χ1v) is 13.7. The third-order valence-electron chi connectivity index (χ3n) is 7.70. The average molecular weight is 609 g/mol. The maximum Gasteiger partial charge on any atom is 0.490 e.